The number of likely N-dealkylation sites (tertiary alicyclic amines) is 1. The Balaban J connectivity index is 1.53. The molecule has 1 N–H and O–H groups in total. The number of pyridine rings is 1. The van der Waals surface area contributed by atoms with E-state index in [1.165, 1.54) is 24.4 Å². The Morgan fingerprint density at radius 2 is 1.76 bits per heavy atom. The van der Waals surface area contributed by atoms with Crippen LogP contribution in [0, 0.1) is 20.2 Å². The SMILES string of the molecule is O=[N+]([O-])c1ccc(CN2CCC(Nc3ccc([N+](=O)[O-])cn3)C2)cc1. The van der Waals surface area contributed by atoms with Crippen LogP contribution in [0.15, 0.2) is 42.6 Å². The summed E-state index contributed by atoms with van der Waals surface area (Å²) < 4.78 is 0. The second-order valence-corrected chi connectivity index (χ2v) is 5.95. The molecule has 2 aromatic rings. The van der Waals surface area contributed by atoms with Crippen LogP contribution >= 0.6 is 0 Å². The van der Waals surface area contributed by atoms with E-state index < -0.39 is 9.85 Å². The van der Waals surface area contributed by atoms with Crippen LogP contribution in [-0.2, 0) is 6.54 Å². The average Bonchev–Trinajstić information content (AvgIpc) is 3.02. The molecule has 1 aliphatic heterocycles. The quantitative estimate of drug-likeness (QED) is 0.633. The van der Waals surface area contributed by atoms with Gasteiger partial charge in [0.05, 0.1) is 9.85 Å². The summed E-state index contributed by atoms with van der Waals surface area (Å²) >= 11 is 0. The number of aromatic nitrogens is 1. The number of nitro benzene ring substituents is 1. The first kappa shape index (κ1) is 16.8. The van der Waals surface area contributed by atoms with E-state index >= 15 is 0 Å². The number of nitrogens with zero attached hydrogens (tertiary/aromatic N) is 4. The number of non-ortho nitro benzene ring substituents is 1. The molecule has 0 saturated carbocycles. The van der Waals surface area contributed by atoms with E-state index in [2.05, 4.69) is 15.2 Å². The van der Waals surface area contributed by atoms with Crippen molar-refractivity contribution in [2.24, 2.45) is 0 Å². The van der Waals surface area contributed by atoms with Crippen molar-refractivity contribution in [1.29, 1.82) is 0 Å². The highest BCUT2D eigenvalue weighted by molar-refractivity contribution is 5.41. The van der Waals surface area contributed by atoms with Gasteiger partial charge >= 0.3 is 0 Å². The predicted molar refractivity (Wildman–Crippen MR) is 91.3 cm³/mol. The van der Waals surface area contributed by atoms with Crippen molar-refractivity contribution in [2.45, 2.75) is 19.0 Å². The van der Waals surface area contributed by atoms with Crippen molar-refractivity contribution in [3.63, 3.8) is 0 Å². The third kappa shape index (κ3) is 4.27. The van der Waals surface area contributed by atoms with Crippen molar-refractivity contribution in [2.75, 3.05) is 18.4 Å². The third-order valence-electron chi connectivity index (χ3n) is 4.14. The number of hydrogen-bond acceptors (Lipinski definition) is 7. The van der Waals surface area contributed by atoms with Gasteiger partial charge in [0, 0.05) is 43.9 Å². The third-order valence-corrected chi connectivity index (χ3v) is 4.14. The molecule has 0 aliphatic carbocycles. The van der Waals surface area contributed by atoms with E-state index in [4.69, 9.17) is 0 Å². The summed E-state index contributed by atoms with van der Waals surface area (Å²) in [7, 11) is 0. The molecule has 0 spiro atoms. The predicted octanol–water partition coefficient (Wildman–Crippen LogP) is 2.58. The summed E-state index contributed by atoms with van der Waals surface area (Å²) in [6.45, 7) is 2.45. The summed E-state index contributed by atoms with van der Waals surface area (Å²) in [6, 6.07) is 9.83. The highest BCUT2D eigenvalue weighted by atomic mass is 16.6. The molecule has 1 aliphatic rings. The van der Waals surface area contributed by atoms with Gasteiger partial charge in [-0.25, -0.2) is 4.98 Å². The molecule has 1 unspecified atom stereocenters. The van der Waals surface area contributed by atoms with Crippen LogP contribution < -0.4 is 5.32 Å². The number of nitro groups is 2. The molecule has 1 aromatic carbocycles. The second-order valence-electron chi connectivity index (χ2n) is 5.95. The number of benzene rings is 1. The zero-order chi connectivity index (χ0) is 17.8. The fourth-order valence-electron chi connectivity index (χ4n) is 2.86. The molecular formula is C16H17N5O4. The fourth-order valence-corrected chi connectivity index (χ4v) is 2.86. The van der Waals surface area contributed by atoms with Crippen molar-refractivity contribution >= 4 is 17.2 Å². The molecule has 2 heterocycles. The second kappa shape index (κ2) is 7.22. The number of rotatable bonds is 6. The Morgan fingerprint density at radius 3 is 2.36 bits per heavy atom. The minimum absolute atomic E-state index is 0.0308. The Morgan fingerprint density at radius 1 is 1.08 bits per heavy atom. The van der Waals surface area contributed by atoms with E-state index in [1.54, 1.807) is 18.2 Å². The molecule has 25 heavy (non-hydrogen) atoms. The van der Waals surface area contributed by atoms with Gasteiger partial charge in [0.1, 0.15) is 12.0 Å². The molecule has 1 aromatic heterocycles. The number of hydrogen-bond donors (Lipinski definition) is 1. The van der Waals surface area contributed by atoms with Crippen LogP contribution in [0.4, 0.5) is 17.2 Å². The smallest absolute Gasteiger partial charge is 0.287 e. The van der Waals surface area contributed by atoms with E-state index in [9.17, 15) is 20.2 Å². The van der Waals surface area contributed by atoms with Crippen molar-refractivity contribution in [3.8, 4) is 0 Å². The minimum atomic E-state index is -0.474. The highest BCUT2D eigenvalue weighted by Gasteiger charge is 2.23. The molecule has 3 rings (SSSR count). The largest absolute Gasteiger partial charge is 0.366 e. The Labute approximate surface area is 143 Å². The Kier molecular flexibility index (Phi) is 4.85. The van der Waals surface area contributed by atoms with Gasteiger partial charge in [0.2, 0.25) is 0 Å². The maximum absolute atomic E-state index is 10.7. The molecule has 9 heteroatoms. The van der Waals surface area contributed by atoms with Gasteiger partial charge in [0.15, 0.2) is 0 Å². The van der Waals surface area contributed by atoms with Crippen molar-refractivity contribution in [3.05, 3.63) is 68.4 Å². The molecule has 130 valence electrons. The van der Waals surface area contributed by atoms with Crippen molar-refractivity contribution in [1.82, 2.24) is 9.88 Å². The molecular weight excluding hydrogens is 326 g/mol. The average molecular weight is 343 g/mol. The summed E-state index contributed by atoms with van der Waals surface area (Å²) in [4.78, 5) is 26.7. The Bertz CT molecular complexity index is 698. The summed E-state index contributed by atoms with van der Waals surface area (Å²) in [5.41, 5.74) is 1.09. The zero-order valence-corrected chi connectivity index (χ0v) is 13.4. The van der Waals surface area contributed by atoms with Crippen molar-refractivity contribution < 1.29 is 9.85 Å². The Hall–Kier alpha value is -3.07. The van der Waals surface area contributed by atoms with Crippen LogP contribution in [0.2, 0.25) is 0 Å². The standard InChI is InChI=1S/C16H17N5O4/c22-20(23)14-3-1-12(2-4-14)10-19-8-7-13(11-19)18-16-6-5-15(9-17-16)21(24)25/h1-6,9,13H,7-8,10-11H2,(H,17,18). The summed E-state index contributed by atoms with van der Waals surface area (Å²) in [5.74, 6) is 0.618. The number of anilines is 1. The lowest BCUT2D eigenvalue weighted by Crippen LogP contribution is -2.26. The first-order chi connectivity index (χ1) is 12.0. The van der Waals surface area contributed by atoms with E-state index in [1.807, 2.05) is 0 Å². The monoisotopic (exact) mass is 343 g/mol. The lowest BCUT2D eigenvalue weighted by atomic mass is 10.2. The molecule has 1 fully saturated rings. The van der Waals surface area contributed by atoms with E-state index in [-0.39, 0.29) is 17.4 Å². The molecule has 1 atom stereocenters. The van der Waals surface area contributed by atoms with Gasteiger partial charge < -0.3 is 5.32 Å². The molecule has 0 amide bonds. The van der Waals surface area contributed by atoms with Crippen LogP contribution in [0.3, 0.4) is 0 Å². The maximum atomic E-state index is 10.7. The molecule has 0 radical (unpaired) electrons. The van der Waals surface area contributed by atoms with Gasteiger partial charge in [-0.05, 0) is 18.1 Å². The van der Waals surface area contributed by atoms with Gasteiger partial charge in [-0.2, -0.15) is 0 Å². The van der Waals surface area contributed by atoms with Gasteiger partial charge in [-0.3, -0.25) is 25.1 Å². The molecule has 9 nitrogen and oxygen atoms in total. The normalized spacial score (nSPS) is 17.4. The molecule has 0 bridgehead atoms. The lowest BCUT2D eigenvalue weighted by molar-refractivity contribution is -0.385. The first-order valence-corrected chi connectivity index (χ1v) is 7.84. The van der Waals surface area contributed by atoms with Crippen LogP contribution in [-0.4, -0.2) is 38.9 Å². The van der Waals surface area contributed by atoms with E-state index in [0.717, 1.165) is 31.6 Å². The number of nitrogens with one attached hydrogen (secondary N) is 1. The first-order valence-electron chi connectivity index (χ1n) is 7.84. The lowest BCUT2D eigenvalue weighted by Gasteiger charge is -2.17. The van der Waals surface area contributed by atoms with Gasteiger partial charge in [0.25, 0.3) is 11.4 Å². The maximum Gasteiger partial charge on any atom is 0.287 e. The van der Waals surface area contributed by atoms with E-state index in [0.29, 0.717) is 5.82 Å². The van der Waals surface area contributed by atoms with Gasteiger partial charge in [-0.1, -0.05) is 12.1 Å². The topological polar surface area (TPSA) is 114 Å². The summed E-state index contributed by atoms with van der Waals surface area (Å²) in [5, 5.41) is 24.6. The van der Waals surface area contributed by atoms with Crippen LogP contribution in [0.1, 0.15) is 12.0 Å². The fraction of sp³-hybridized carbons (Fsp3) is 0.312. The minimum Gasteiger partial charge on any atom is -0.366 e. The molecule has 1 saturated heterocycles. The zero-order valence-electron chi connectivity index (χ0n) is 13.4. The summed E-state index contributed by atoms with van der Waals surface area (Å²) in [6.07, 6.45) is 2.18. The van der Waals surface area contributed by atoms with Crippen LogP contribution in [0.5, 0.6) is 0 Å². The highest BCUT2D eigenvalue weighted by Crippen LogP contribution is 2.19. The van der Waals surface area contributed by atoms with Gasteiger partial charge in [-0.15, -0.1) is 0 Å². The van der Waals surface area contributed by atoms with Crippen LogP contribution in [0.25, 0.3) is 0 Å².